The number of carbonyl (C=O) groups is 1. The molecule has 1 aliphatic carbocycles. The largest absolute Gasteiger partial charge is 0.298 e. The van der Waals surface area contributed by atoms with E-state index < -0.39 is 0 Å². The molecule has 1 nitrogen and oxygen atoms in total. The van der Waals surface area contributed by atoms with Crippen LogP contribution in [-0.2, 0) is 4.79 Å². The van der Waals surface area contributed by atoms with E-state index in [2.05, 4.69) is 15.9 Å². The minimum Gasteiger partial charge on any atom is -0.298 e. The van der Waals surface area contributed by atoms with Crippen LogP contribution in [0.1, 0.15) is 25.7 Å². The van der Waals surface area contributed by atoms with Crippen LogP contribution in [0.15, 0.2) is 0 Å². The molecule has 0 radical (unpaired) electrons. The first kappa shape index (κ1) is 9.53. The predicted molar refractivity (Wildman–Crippen MR) is 50.4 cm³/mol. The lowest BCUT2D eigenvalue weighted by molar-refractivity contribution is -0.121. The van der Waals surface area contributed by atoms with Crippen LogP contribution in [0.4, 0.5) is 0 Å². The maximum Gasteiger partial charge on any atom is 0.146 e. The molecule has 0 saturated heterocycles. The zero-order valence-corrected chi connectivity index (χ0v) is 8.70. The second-order valence-corrected chi connectivity index (χ2v) is 4.24. The molecular formula is C8H12BrClO. The molecule has 0 bridgehead atoms. The highest BCUT2D eigenvalue weighted by molar-refractivity contribution is 9.09. The molecule has 1 aliphatic rings. The van der Waals surface area contributed by atoms with E-state index in [1.54, 1.807) is 0 Å². The van der Waals surface area contributed by atoms with Gasteiger partial charge in [0.05, 0.1) is 5.33 Å². The summed E-state index contributed by atoms with van der Waals surface area (Å²) in [7, 11) is 0. The second-order valence-electron chi connectivity index (χ2n) is 3.06. The number of alkyl halides is 2. The summed E-state index contributed by atoms with van der Waals surface area (Å²) in [6.45, 7) is 0. The van der Waals surface area contributed by atoms with Crippen LogP contribution in [0.5, 0.6) is 0 Å². The summed E-state index contributed by atoms with van der Waals surface area (Å²) < 4.78 is 0. The Bertz CT molecular complexity index is 149. The minimum absolute atomic E-state index is 0.227. The average molecular weight is 240 g/mol. The van der Waals surface area contributed by atoms with Gasteiger partial charge in [-0.25, -0.2) is 0 Å². The summed E-state index contributed by atoms with van der Waals surface area (Å²) in [5.41, 5.74) is 0. The third-order valence-electron chi connectivity index (χ3n) is 2.20. The molecule has 0 aromatic heterocycles. The number of carbonyl (C=O) groups excluding carboxylic acids is 1. The van der Waals surface area contributed by atoms with E-state index in [-0.39, 0.29) is 11.3 Å². The lowest BCUT2D eigenvalue weighted by Crippen LogP contribution is -2.23. The Labute approximate surface area is 80.6 Å². The molecule has 0 aliphatic heterocycles. The Morgan fingerprint density at radius 2 is 2.27 bits per heavy atom. The molecule has 0 aromatic carbocycles. The van der Waals surface area contributed by atoms with Crippen molar-refractivity contribution in [2.24, 2.45) is 5.92 Å². The second kappa shape index (κ2) is 4.46. The molecule has 1 saturated carbocycles. The van der Waals surface area contributed by atoms with E-state index in [0.717, 1.165) is 25.7 Å². The van der Waals surface area contributed by atoms with Gasteiger partial charge in [0.2, 0.25) is 0 Å². The summed E-state index contributed by atoms with van der Waals surface area (Å²) in [6, 6.07) is 0. The molecule has 11 heavy (non-hydrogen) atoms. The molecule has 0 heterocycles. The Kier molecular flexibility index (Phi) is 3.86. The molecule has 1 fully saturated rings. The SMILES string of the molecule is O=C(CBr)C1CCCC(Cl)C1. The summed E-state index contributed by atoms with van der Waals surface area (Å²) in [5.74, 6) is 0.543. The highest BCUT2D eigenvalue weighted by Crippen LogP contribution is 2.28. The predicted octanol–water partition coefficient (Wildman–Crippen LogP) is 2.75. The molecule has 2 atom stereocenters. The van der Waals surface area contributed by atoms with Gasteiger partial charge in [0.25, 0.3) is 0 Å². The molecule has 0 spiro atoms. The van der Waals surface area contributed by atoms with Gasteiger partial charge in [-0.1, -0.05) is 22.4 Å². The Morgan fingerprint density at radius 3 is 2.82 bits per heavy atom. The van der Waals surface area contributed by atoms with Crippen molar-refractivity contribution in [3.8, 4) is 0 Å². The maximum atomic E-state index is 11.2. The third-order valence-corrected chi connectivity index (χ3v) is 3.15. The number of Topliss-reactive ketones (excluding diaryl/α,β-unsaturated/α-hetero) is 1. The van der Waals surface area contributed by atoms with Crippen molar-refractivity contribution in [1.82, 2.24) is 0 Å². The number of rotatable bonds is 2. The van der Waals surface area contributed by atoms with Crippen molar-refractivity contribution in [1.29, 1.82) is 0 Å². The summed E-state index contributed by atoms with van der Waals surface area (Å²) in [5, 5.41) is 0.720. The van der Waals surface area contributed by atoms with Gasteiger partial charge in [0, 0.05) is 11.3 Å². The van der Waals surface area contributed by atoms with Crippen LogP contribution in [0.2, 0.25) is 0 Å². The summed E-state index contributed by atoms with van der Waals surface area (Å²) in [6.07, 6.45) is 4.10. The first-order valence-corrected chi connectivity index (χ1v) is 5.52. The van der Waals surface area contributed by atoms with Crippen molar-refractivity contribution in [3.63, 3.8) is 0 Å². The van der Waals surface area contributed by atoms with E-state index in [1.807, 2.05) is 0 Å². The zero-order valence-electron chi connectivity index (χ0n) is 6.35. The van der Waals surface area contributed by atoms with Crippen molar-refractivity contribution in [2.75, 3.05) is 5.33 Å². The fraction of sp³-hybridized carbons (Fsp3) is 0.875. The van der Waals surface area contributed by atoms with Gasteiger partial charge < -0.3 is 0 Å². The van der Waals surface area contributed by atoms with Gasteiger partial charge in [-0.2, -0.15) is 0 Å². The van der Waals surface area contributed by atoms with E-state index in [4.69, 9.17) is 11.6 Å². The Hall–Kier alpha value is 0.440. The molecule has 64 valence electrons. The van der Waals surface area contributed by atoms with Gasteiger partial charge in [0.15, 0.2) is 0 Å². The number of hydrogen-bond acceptors (Lipinski definition) is 1. The molecule has 0 amide bonds. The maximum absolute atomic E-state index is 11.2. The van der Waals surface area contributed by atoms with Crippen molar-refractivity contribution in [3.05, 3.63) is 0 Å². The van der Waals surface area contributed by atoms with Gasteiger partial charge in [-0.3, -0.25) is 4.79 Å². The zero-order chi connectivity index (χ0) is 8.27. The van der Waals surface area contributed by atoms with Crippen molar-refractivity contribution < 1.29 is 4.79 Å². The van der Waals surface area contributed by atoms with Gasteiger partial charge >= 0.3 is 0 Å². The lowest BCUT2D eigenvalue weighted by atomic mass is 9.86. The van der Waals surface area contributed by atoms with Gasteiger partial charge in [-0.05, 0) is 19.3 Å². The van der Waals surface area contributed by atoms with Crippen LogP contribution in [-0.4, -0.2) is 16.5 Å². The van der Waals surface area contributed by atoms with Crippen molar-refractivity contribution >= 4 is 33.3 Å². The van der Waals surface area contributed by atoms with Crippen molar-refractivity contribution in [2.45, 2.75) is 31.1 Å². The third kappa shape index (κ3) is 2.75. The van der Waals surface area contributed by atoms with E-state index in [1.165, 1.54) is 0 Å². The van der Waals surface area contributed by atoms with Gasteiger partial charge in [-0.15, -0.1) is 11.6 Å². The molecule has 0 N–H and O–H groups in total. The Morgan fingerprint density at radius 1 is 1.55 bits per heavy atom. The highest BCUT2D eigenvalue weighted by Gasteiger charge is 2.24. The summed E-state index contributed by atoms with van der Waals surface area (Å²) in [4.78, 5) is 11.2. The lowest BCUT2D eigenvalue weighted by Gasteiger charge is -2.23. The number of hydrogen-bond donors (Lipinski definition) is 0. The minimum atomic E-state index is 0.227. The molecule has 0 aromatic rings. The average Bonchev–Trinajstić information content (AvgIpc) is 2.03. The fourth-order valence-electron chi connectivity index (χ4n) is 1.53. The normalized spacial score (nSPS) is 31.8. The van der Waals surface area contributed by atoms with Crippen LogP contribution >= 0.6 is 27.5 Å². The summed E-state index contributed by atoms with van der Waals surface area (Å²) >= 11 is 9.12. The van der Waals surface area contributed by atoms with E-state index in [9.17, 15) is 4.79 Å². The quantitative estimate of drug-likeness (QED) is 0.677. The number of ketones is 1. The Balaban J connectivity index is 2.39. The van der Waals surface area contributed by atoms with Crippen LogP contribution < -0.4 is 0 Å². The number of halogens is 2. The first-order chi connectivity index (χ1) is 5.24. The monoisotopic (exact) mass is 238 g/mol. The molecule has 2 unspecified atom stereocenters. The van der Waals surface area contributed by atoms with Crippen LogP contribution in [0.3, 0.4) is 0 Å². The fourth-order valence-corrected chi connectivity index (χ4v) is 2.36. The molecule has 1 rings (SSSR count). The smallest absolute Gasteiger partial charge is 0.146 e. The molecule has 3 heteroatoms. The van der Waals surface area contributed by atoms with Gasteiger partial charge in [0.1, 0.15) is 5.78 Å². The molecular weight excluding hydrogens is 227 g/mol. The highest BCUT2D eigenvalue weighted by atomic mass is 79.9. The van der Waals surface area contributed by atoms with Crippen LogP contribution in [0, 0.1) is 5.92 Å². The van der Waals surface area contributed by atoms with E-state index >= 15 is 0 Å². The van der Waals surface area contributed by atoms with E-state index in [0.29, 0.717) is 11.1 Å². The van der Waals surface area contributed by atoms with Crippen LogP contribution in [0.25, 0.3) is 0 Å². The topological polar surface area (TPSA) is 17.1 Å². The first-order valence-electron chi connectivity index (χ1n) is 3.96. The standard InChI is InChI=1S/C8H12BrClO/c9-5-8(11)6-2-1-3-7(10)4-6/h6-7H,1-5H2.